The molecule has 3 aromatic rings. The van der Waals surface area contributed by atoms with E-state index in [-0.39, 0.29) is 12.5 Å². The van der Waals surface area contributed by atoms with Crippen molar-refractivity contribution in [3.8, 4) is 11.6 Å². The third kappa shape index (κ3) is 4.78. The molecule has 0 bridgehead atoms. The minimum absolute atomic E-state index is 0.0633. The van der Waals surface area contributed by atoms with Crippen LogP contribution in [0.2, 0.25) is 0 Å². The van der Waals surface area contributed by atoms with Crippen molar-refractivity contribution in [2.24, 2.45) is 0 Å². The third-order valence-corrected chi connectivity index (χ3v) is 4.35. The van der Waals surface area contributed by atoms with Crippen molar-refractivity contribution >= 4 is 16.8 Å². The smallest absolute Gasteiger partial charge is 0.240 e. The van der Waals surface area contributed by atoms with Crippen LogP contribution in [0.4, 0.5) is 0 Å². The van der Waals surface area contributed by atoms with Crippen LogP contribution in [-0.4, -0.2) is 29.2 Å². The van der Waals surface area contributed by atoms with Crippen molar-refractivity contribution in [2.45, 2.75) is 32.9 Å². The zero-order valence-electron chi connectivity index (χ0n) is 15.8. The van der Waals surface area contributed by atoms with Crippen LogP contribution in [0, 0.1) is 0 Å². The van der Waals surface area contributed by atoms with Gasteiger partial charge in [-0.05, 0) is 36.8 Å². The highest BCUT2D eigenvalue weighted by atomic mass is 16.5. The number of ether oxygens (including phenoxy) is 2. The molecule has 0 fully saturated rings. The normalized spacial score (nSPS) is 10.7. The van der Waals surface area contributed by atoms with E-state index in [4.69, 9.17) is 9.47 Å². The number of benzene rings is 1. The molecule has 0 aliphatic carbocycles. The van der Waals surface area contributed by atoms with E-state index in [2.05, 4.69) is 17.2 Å². The van der Waals surface area contributed by atoms with Crippen molar-refractivity contribution in [3.05, 3.63) is 54.4 Å². The average molecular weight is 367 g/mol. The fourth-order valence-electron chi connectivity index (χ4n) is 2.85. The van der Waals surface area contributed by atoms with Gasteiger partial charge in [-0.3, -0.25) is 4.79 Å². The van der Waals surface area contributed by atoms with Gasteiger partial charge in [-0.1, -0.05) is 19.4 Å². The maximum absolute atomic E-state index is 12.4. The number of hydrogen-bond acceptors (Lipinski definition) is 4. The molecular weight excluding hydrogens is 342 g/mol. The second-order valence-corrected chi connectivity index (χ2v) is 6.31. The second-order valence-electron chi connectivity index (χ2n) is 6.31. The molecule has 0 atom stereocenters. The van der Waals surface area contributed by atoms with E-state index in [0.29, 0.717) is 19.0 Å². The van der Waals surface area contributed by atoms with Gasteiger partial charge >= 0.3 is 0 Å². The lowest BCUT2D eigenvalue weighted by Crippen LogP contribution is -2.27. The number of hydrogen-bond donors (Lipinski definition) is 1. The molecule has 0 spiro atoms. The topological polar surface area (TPSA) is 65.4 Å². The van der Waals surface area contributed by atoms with Gasteiger partial charge in [-0.2, -0.15) is 0 Å². The molecule has 1 aromatic carbocycles. The van der Waals surface area contributed by atoms with Crippen LogP contribution in [0.15, 0.2) is 48.8 Å². The molecule has 2 heterocycles. The Morgan fingerprint density at radius 1 is 1.26 bits per heavy atom. The number of methoxy groups -OCH3 is 1. The predicted octanol–water partition coefficient (Wildman–Crippen LogP) is 3.54. The molecule has 0 aliphatic rings. The second kappa shape index (κ2) is 9.07. The zero-order chi connectivity index (χ0) is 19.1. The molecule has 1 N–H and O–H groups in total. The van der Waals surface area contributed by atoms with Crippen LogP contribution in [0.5, 0.6) is 11.6 Å². The first kappa shape index (κ1) is 18.8. The van der Waals surface area contributed by atoms with Crippen LogP contribution >= 0.6 is 0 Å². The van der Waals surface area contributed by atoms with Gasteiger partial charge in [0.1, 0.15) is 12.3 Å². The summed E-state index contributed by atoms with van der Waals surface area (Å²) in [6.45, 7) is 3.39. The summed E-state index contributed by atoms with van der Waals surface area (Å²) in [6.07, 6.45) is 5.66. The molecule has 0 aliphatic heterocycles. The first-order chi connectivity index (χ1) is 13.2. The summed E-state index contributed by atoms with van der Waals surface area (Å²) in [7, 11) is 1.64. The number of carbonyl (C=O) groups excluding carboxylic acids is 1. The van der Waals surface area contributed by atoms with Crippen molar-refractivity contribution in [2.75, 3.05) is 13.7 Å². The number of carbonyl (C=O) groups is 1. The molecule has 142 valence electrons. The number of nitrogens with one attached hydrogen (secondary N) is 1. The van der Waals surface area contributed by atoms with Gasteiger partial charge in [-0.25, -0.2) is 4.98 Å². The van der Waals surface area contributed by atoms with E-state index in [1.54, 1.807) is 13.3 Å². The molecule has 0 saturated carbocycles. The number of rotatable bonds is 9. The summed E-state index contributed by atoms with van der Waals surface area (Å²) in [4.78, 5) is 16.7. The van der Waals surface area contributed by atoms with Crippen molar-refractivity contribution in [3.63, 3.8) is 0 Å². The molecule has 3 rings (SSSR count). The summed E-state index contributed by atoms with van der Waals surface area (Å²) in [5.74, 6) is 1.33. The van der Waals surface area contributed by atoms with Crippen LogP contribution in [0.25, 0.3) is 10.9 Å². The molecule has 2 aromatic heterocycles. The lowest BCUT2D eigenvalue weighted by molar-refractivity contribution is -0.121. The van der Waals surface area contributed by atoms with Crippen molar-refractivity contribution < 1.29 is 14.3 Å². The van der Waals surface area contributed by atoms with E-state index in [1.807, 2.05) is 47.2 Å². The van der Waals surface area contributed by atoms with E-state index < -0.39 is 0 Å². The molecule has 6 nitrogen and oxygen atoms in total. The number of aromatic nitrogens is 2. The minimum atomic E-state index is -0.0633. The number of nitrogens with zero attached hydrogens (tertiary/aromatic N) is 2. The molecule has 0 unspecified atom stereocenters. The Hall–Kier alpha value is -3.02. The van der Waals surface area contributed by atoms with Gasteiger partial charge in [-0.15, -0.1) is 0 Å². The first-order valence-corrected chi connectivity index (χ1v) is 9.17. The van der Waals surface area contributed by atoms with Gasteiger partial charge in [0, 0.05) is 35.4 Å². The van der Waals surface area contributed by atoms with E-state index in [1.165, 1.54) is 0 Å². The summed E-state index contributed by atoms with van der Waals surface area (Å²) in [6, 6.07) is 11.6. The summed E-state index contributed by atoms with van der Waals surface area (Å²) in [5, 5.41) is 3.99. The zero-order valence-corrected chi connectivity index (χ0v) is 15.8. The standard InChI is InChI=1S/C21H25N3O3/c1-3-4-12-27-21-17(6-5-10-22-21)14-23-20(25)15-24-11-9-16-13-18(26-2)7-8-19(16)24/h5-11,13H,3-4,12,14-15H2,1-2H3,(H,23,25). The molecule has 0 saturated heterocycles. The Labute approximate surface area is 159 Å². The lowest BCUT2D eigenvalue weighted by Gasteiger charge is -2.11. The van der Waals surface area contributed by atoms with Crippen LogP contribution in [-0.2, 0) is 17.9 Å². The van der Waals surface area contributed by atoms with E-state index in [0.717, 1.165) is 35.1 Å². The van der Waals surface area contributed by atoms with E-state index >= 15 is 0 Å². The monoisotopic (exact) mass is 367 g/mol. The Kier molecular flexibility index (Phi) is 6.30. The quantitative estimate of drug-likeness (QED) is 0.588. The van der Waals surface area contributed by atoms with Crippen molar-refractivity contribution in [1.82, 2.24) is 14.9 Å². The molecule has 6 heteroatoms. The fourth-order valence-corrected chi connectivity index (χ4v) is 2.85. The largest absolute Gasteiger partial charge is 0.497 e. The van der Waals surface area contributed by atoms with Gasteiger partial charge in [0.2, 0.25) is 11.8 Å². The number of pyridine rings is 1. The van der Waals surface area contributed by atoms with Gasteiger partial charge in [0.05, 0.1) is 13.7 Å². The maximum Gasteiger partial charge on any atom is 0.240 e. The Balaban J connectivity index is 1.60. The molecule has 1 amide bonds. The summed E-state index contributed by atoms with van der Waals surface area (Å²) >= 11 is 0. The lowest BCUT2D eigenvalue weighted by atomic mass is 10.2. The minimum Gasteiger partial charge on any atom is -0.497 e. The number of fused-ring (bicyclic) bond motifs is 1. The fraction of sp³-hybridized carbons (Fsp3) is 0.333. The highest BCUT2D eigenvalue weighted by Gasteiger charge is 2.09. The summed E-state index contributed by atoms with van der Waals surface area (Å²) in [5.41, 5.74) is 1.87. The molecular formula is C21H25N3O3. The highest BCUT2D eigenvalue weighted by Crippen LogP contribution is 2.21. The molecule has 0 radical (unpaired) electrons. The number of amides is 1. The Morgan fingerprint density at radius 2 is 2.15 bits per heavy atom. The van der Waals surface area contributed by atoms with Gasteiger partial charge in [0.25, 0.3) is 0 Å². The Bertz CT molecular complexity index is 905. The van der Waals surface area contributed by atoms with Crippen LogP contribution in [0.3, 0.4) is 0 Å². The summed E-state index contributed by atoms with van der Waals surface area (Å²) < 4.78 is 12.9. The molecule has 27 heavy (non-hydrogen) atoms. The van der Waals surface area contributed by atoms with Crippen molar-refractivity contribution in [1.29, 1.82) is 0 Å². The van der Waals surface area contributed by atoms with E-state index in [9.17, 15) is 4.79 Å². The SMILES string of the molecule is CCCCOc1ncccc1CNC(=O)Cn1ccc2cc(OC)ccc21. The number of unbranched alkanes of at least 4 members (excludes halogenated alkanes) is 1. The predicted molar refractivity (Wildman–Crippen MR) is 105 cm³/mol. The third-order valence-electron chi connectivity index (χ3n) is 4.35. The van der Waals surface area contributed by atoms with Gasteiger partial charge in [0.15, 0.2) is 0 Å². The first-order valence-electron chi connectivity index (χ1n) is 9.17. The van der Waals surface area contributed by atoms with Gasteiger partial charge < -0.3 is 19.4 Å². The van der Waals surface area contributed by atoms with Crippen LogP contribution in [0.1, 0.15) is 25.3 Å². The average Bonchev–Trinajstić information content (AvgIpc) is 3.09. The highest BCUT2D eigenvalue weighted by molar-refractivity contribution is 5.84. The maximum atomic E-state index is 12.4. The Morgan fingerprint density at radius 3 is 2.96 bits per heavy atom. The van der Waals surface area contributed by atoms with Crippen LogP contribution < -0.4 is 14.8 Å².